The molecule has 2 aromatic rings. The van der Waals surface area contributed by atoms with Gasteiger partial charge >= 0.3 is 11.9 Å². The molecule has 2 rings (SSSR count). The lowest BCUT2D eigenvalue weighted by Gasteiger charge is -2.02. The molecule has 0 fully saturated rings. The highest BCUT2D eigenvalue weighted by Gasteiger charge is 2.45. The predicted molar refractivity (Wildman–Crippen MR) is 65.2 cm³/mol. The molecule has 0 unspecified atom stereocenters. The quantitative estimate of drug-likeness (QED) is 0.616. The molecule has 0 saturated heterocycles. The van der Waals surface area contributed by atoms with Crippen molar-refractivity contribution in [2.75, 3.05) is 0 Å². The lowest BCUT2D eigenvalue weighted by molar-refractivity contribution is -0.388. The van der Waals surface area contributed by atoms with Crippen LogP contribution in [0.25, 0.3) is 5.69 Å². The summed E-state index contributed by atoms with van der Waals surface area (Å²) in [6.45, 7) is 0. The Morgan fingerprint density at radius 1 is 1.30 bits per heavy atom. The van der Waals surface area contributed by atoms with Crippen molar-refractivity contribution in [1.82, 2.24) is 9.78 Å². The van der Waals surface area contributed by atoms with Gasteiger partial charge in [0, 0.05) is 5.02 Å². The van der Waals surface area contributed by atoms with E-state index in [2.05, 4.69) is 5.10 Å². The van der Waals surface area contributed by atoms with E-state index in [4.69, 9.17) is 23.2 Å². The Hall–Kier alpha value is -1.80. The third-order valence-corrected chi connectivity index (χ3v) is 2.88. The Bertz CT molecular complexity index is 685. The van der Waals surface area contributed by atoms with Crippen molar-refractivity contribution in [3.63, 3.8) is 0 Å². The van der Waals surface area contributed by atoms with Crippen molar-refractivity contribution in [3.8, 4) is 5.69 Å². The summed E-state index contributed by atoms with van der Waals surface area (Å²) < 4.78 is 38.8. The first-order valence-electron chi connectivity index (χ1n) is 4.98. The van der Waals surface area contributed by atoms with Gasteiger partial charge in [-0.05, 0) is 18.2 Å². The highest BCUT2D eigenvalue weighted by Crippen LogP contribution is 2.40. The second kappa shape index (κ2) is 4.95. The molecule has 0 aliphatic heterocycles. The van der Waals surface area contributed by atoms with Crippen molar-refractivity contribution >= 4 is 28.9 Å². The van der Waals surface area contributed by atoms with Crippen LogP contribution in [0.3, 0.4) is 0 Å². The number of aromatic nitrogens is 2. The molecule has 0 bridgehead atoms. The summed E-state index contributed by atoms with van der Waals surface area (Å²) in [6.07, 6.45) is -4.99. The van der Waals surface area contributed by atoms with Crippen LogP contribution >= 0.6 is 23.2 Å². The molecule has 106 valence electrons. The SMILES string of the molecule is O=[N+]([O-])c1c(C(F)(F)F)nn(-c2cccc(Cl)c2)c1Cl. The van der Waals surface area contributed by atoms with Gasteiger partial charge in [-0.1, -0.05) is 29.3 Å². The summed E-state index contributed by atoms with van der Waals surface area (Å²) in [5.41, 5.74) is -2.87. The fourth-order valence-corrected chi connectivity index (χ4v) is 2.00. The van der Waals surface area contributed by atoms with Gasteiger partial charge < -0.3 is 0 Å². The minimum absolute atomic E-state index is 0.0844. The molecule has 0 radical (unpaired) electrons. The number of rotatable bonds is 2. The average molecular weight is 326 g/mol. The van der Waals surface area contributed by atoms with E-state index in [-0.39, 0.29) is 10.7 Å². The number of benzene rings is 1. The van der Waals surface area contributed by atoms with Crippen LogP contribution in [0.15, 0.2) is 24.3 Å². The summed E-state index contributed by atoms with van der Waals surface area (Å²) in [5, 5.41) is 13.4. The summed E-state index contributed by atoms with van der Waals surface area (Å²) in [7, 11) is 0. The average Bonchev–Trinajstić information content (AvgIpc) is 2.66. The molecule has 0 saturated carbocycles. The second-order valence-electron chi connectivity index (χ2n) is 3.63. The van der Waals surface area contributed by atoms with Gasteiger partial charge in [0.15, 0.2) is 0 Å². The van der Waals surface area contributed by atoms with Crippen molar-refractivity contribution in [3.05, 3.63) is 50.2 Å². The Kier molecular flexibility index (Phi) is 3.61. The number of halogens is 5. The molecule has 0 aliphatic carbocycles. The van der Waals surface area contributed by atoms with Crippen LogP contribution in [0.4, 0.5) is 18.9 Å². The molecule has 5 nitrogen and oxygen atoms in total. The maximum atomic E-state index is 12.7. The monoisotopic (exact) mass is 325 g/mol. The predicted octanol–water partition coefficient (Wildman–Crippen LogP) is 4.11. The van der Waals surface area contributed by atoms with Crippen molar-refractivity contribution < 1.29 is 18.1 Å². The van der Waals surface area contributed by atoms with Crippen molar-refractivity contribution in [1.29, 1.82) is 0 Å². The van der Waals surface area contributed by atoms with Gasteiger partial charge in [-0.3, -0.25) is 10.1 Å². The Balaban J connectivity index is 2.71. The number of hydrogen-bond donors (Lipinski definition) is 0. The first-order valence-corrected chi connectivity index (χ1v) is 5.73. The van der Waals surface area contributed by atoms with E-state index in [1.165, 1.54) is 24.3 Å². The van der Waals surface area contributed by atoms with Crippen LogP contribution in [0, 0.1) is 10.1 Å². The Morgan fingerprint density at radius 2 is 1.95 bits per heavy atom. The first-order chi connectivity index (χ1) is 9.21. The highest BCUT2D eigenvalue weighted by molar-refractivity contribution is 6.32. The summed E-state index contributed by atoms with van der Waals surface area (Å²) in [6, 6.07) is 5.59. The summed E-state index contributed by atoms with van der Waals surface area (Å²) in [4.78, 5) is 9.52. The molecule has 10 heteroatoms. The van der Waals surface area contributed by atoms with E-state index in [1.54, 1.807) is 0 Å². The summed E-state index contributed by atoms with van der Waals surface area (Å²) in [5.74, 6) is 0. The lowest BCUT2D eigenvalue weighted by atomic mass is 10.3. The van der Waals surface area contributed by atoms with E-state index in [9.17, 15) is 23.3 Å². The van der Waals surface area contributed by atoms with Gasteiger partial charge in [-0.2, -0.15) is 18.3 Å². The van der Waals surface area contributed by atoms with Crippen molar-refractivity contribution in [2.24, 2.45) is 0 Å². The van der Waals surface area contributed by atoms with Crippen LogP contribution < -0.4 is 0 Å². The zero-order chi connectivity index (χ0) is 15.1. The lowest BCUT2D eigenvalue weighted by Crippen LogP contribution is -2.09. The van der Waals surface area contributed by atoms with Gasteiger partial charge in [-0.25, -0.2) is 4.68 Å². The number of hydrogen-bond acceptors (Lipinski definition) is 3. The second-order valence-corrected chi connectivity index (χ2v) is 4.43. The number of nitrogens with zero attached hydrogens (tertiary/aromatic N) is 3. The third kappa shape index (κ3) is 2.56. The zero-order valence-corrected chi connectivity index (χ0v) is 10.9. The van der Waals surface area contributed by atoms with Crippen molar-refractivity contribution in [2.45, 2.75) is 6.18 Å². The molecular formula is C10H4Cl2F3N3O2. The number of nitro groups is 1. The summed E-state index contributed by atoms with van der Waals surface area (Å²) >= 11 is 11.3. The largest absolute Gasteiger partial charge is 0.442 e. The van der Waals surface area contributed by atoms with E-state index in [1.807, 2.05) is 0 Å². The standard InChI is InChI=1S/C10H4Cl2F3N3O2/c11-5-2-1-3-6(4-5)17-9(12)7(18(19)20)8(16-17)10(13,14)15/h1-4H. The van der Waals surface area contributed by atoms with Crippen LogP contribution in [-0.2, 0) is 6.18 Å². The van der Waals surface area contributed by atoms with Crippen LogP contribution in [0.5, 0.6) is 0 Å². The zero-order valence-electron chi connectivity index (χ0n) is 9.36. The Labute approximate surface area is 119 Å². The maximum Gasteiger partial charge on any atom is 0.442 e. The Morgan fingerprint density at radius 3 is 2.40 bits per heavy atom. The van der Waals surface area contributed by atoms with E-state index >= 15 is 0 Å². The van der Waals surface area contributed by atoms with Crippen LogP contribution in [-0.4, -0.2) is 14.7 Å². The van der Waals surface area contributed by atoms with Crippen LogP contribution in [0.2, 0.25) is 10.2 Å². The minimum atomic E-state index is -4.99. The minimum Gasteiger partial charge on any atom is -0.258 e. The molecule has 1 aromatic carbocycles. The molecule has 20 heavy (non-hydrogen) atoms. The third-order valence-electron chi connectivity index (χ3n) is 2.31. The van der Waals surface area contributed by atoms with Gasteiger partial charge in [0.25, 0.3) is 0 Å². The number of alkyl halides is 3. The molecule has 1 aromatic heterocycles. The highest BCUT2D eigenvalue weighted by atomic mass is 35.5. The van der Waals surface area contributed by atoms with Gasteiger partial charge in [0.2, 0.25) is 10.8 Å². The molecule has 0 spiro atoms. The van der Waals surface area contributed by atoms with Gasteiger partial charge in [0.05, 0.1) is 10.6 Å². The van der Waals surface area contributed by atoms with E-state index < -0.39 is 27.6 Å². The molecule has 1 heterocycles. The van der Waals surface area contributed by atoms with Gasteiger partial charge in [-0.15, -0.1) is 0 Å². The molecule has 0 atom stereocenters. The van der Waals surface area contributed by atoms with E-state index in [0.29, 0.717) is 4.68 Å². The maximum absolute atomic E-state index is 12.7. The topological polar surface area (TPSA) is 61.0 Å². The normalized spacial score (nSPS) is 11.7. The molecular weight excluding hydrogens is 322 g/mol. The molecule has 0 N–H and O–H groups in total. The van der Waals surface area contributed by atoms with Gasteiger partial charge in [0.1, 0.15) is 0 Å². The van der Waals surface area contributed by atoms with Crippen LogP contribution in [0.1, 0.15) is 5.69 Å². The fourth-order valence-electron chi connectivity index (χ4n) is 1.52. The first kappa shape index (κ1) is 14.6. The fraction of sp³-hybridized carbons (Fsp3) is 0.100. The smallest absolute Gasteiger partial charge is 0.258 e. The molecule has 0 aliphatic rings. The molecule has 0 amide bonds. The van der Waals surface area contributed by atoms with E-state index in [0.717, 1.165) is 0 Å².